The van der Waals surface area contributed by atoms with Gasteiger partial charge in [-0.3, -0.25) is 4.79 Å². The van der Waals surface area contributed by atoms with E-state index in [0.717, 1.165) is 30.6 Å². The lowest BCUT2D eigenvalue weighted by Gasteiger charge is -2.63. The molecule has 0 spiro atoms. The number of carbonyl (C=O) groups is 1. The third-order valence-electron chi connectivity index (χ3n) is 12.2. The van der Waals surface area contributed by atoms with Crippen LogP contribution in [0.5, 0.6) is 0 Å². The van der Waals surface area contributed by atoms with Gasteiger partial charge in [-0.05, 0) is 104 Å². The molecule has 1 nitrogen and oxygen atoms in total. The van der Waals surface area contributed by atoms with Gasteiger partial charge in [0, 0.05) is 11.8 Å². The van der Waals surface area contributed by atoms with Crippen molar-refractivity contribution in [3.05, 3.63) is 23.8 Å². The Morgan fingerprint density at radius 1 is 1.03 bits per heavy atom. The van der Waals surface area contributed by atoms with Gasteiger partial charge in [0.15, 0.2) is 0 Å². The Balaban J connectivity index is 1.61. The maximum absolute atomic E-state index is 12.8. The molecule has 3 fully saturated rings. The smallest absolute Gasteiger partial charge is 0.138 e. The van der Waals surface area contributed by atoms with Crippen molar-refractivity contribution in [3.63, 3.8) is 0 Å². The molecule has 0 bridgehead atoms. The van der Waals surface area contributed by atoms with E-state index in [0.29, 0.717) is 28.4 Å². The number of allylic oxidation sites excluding steroid dienone is 3. The molecule has 0 heterocycles. The van der Waals surface area contributed by atoms with Crippen LogP contribution in [0.1, 0.15) is 113 Å². The molecule has 1 heteroatoms. The lowest BCUT2D eigenvalue weighted by Crippen LogP contribution is -2.56. The van der Waals surface area contributed by atoms with E-state index in [-0.39, 0.29) is 10.8 Å². The van der Waals surface area contributed by atoms with Crippen LogP contribution >= 0.6 is 0 Å². The summed E-state index contributed by atoms with van der Waals surface area (Å²) in [6.45, 7) is 23.6. The van der Waals surface area contributed by atoms with E-state index < -0.39 is 0 Å². The minimum Gasteiger partial charge on any atom is -0.299 e. The lowest BCUT2D eigenvalue weighted by atomic mass is 9.41. The highest BCUT2D eigenvalue weighted by molar-refractivity contribution is 5.85. The predicted molar refractivity (Wildman–Crippen MR) is 136 cm³/mol. The summed E-state index contributed by atoms with van der Waals surface area (Å²) in [5.41, 5.74) is 3.99. The molecule has 0 radical (unpaired) electrons. The largest absolute Gasteiger partial charge is 0.299 e. The first-order chi connectivity index (χ1) is 14.8. The van der Waals surface area contributed by atoms with Crippen LogP contribution in [0.4, 0.5) is 0 Å². The zero-order chi connectivity index (χ0) is 23.7. The molecule has 0 saturated heterocycles. The van der Waals surface area contributed by atoms with Crippen LogP contribution in [0.2, 0.25) is 0 Å². The molecule has 0 N–H and O–H groups in total. The fourth-order valence-electron chi connectivity index (χ4n) is 9.44. The van der Waals surface area contributed by atoms with Crippen molar-refractivity contribution < 1.29 is 4.79 Å². The molecule has 0 aromatic heterocycles. The predicted octanol–water partition coefficient (Wildman–Crippen LogP) is 8.79. The summed E-state index contributed by atoms with van der Waals surface area (Å²) < 4.78 is 0. The van der Waals surface area contributed by atoms with E-state index in [1.54, 1.807) is 5.57 Å². The van der Waals surface area contributed by atoms with Crippen molar-refractivity contribution in [1.82, 2.24) is 0 Å². The van der Waals surface area contributed by atoms with Crippen molar-refractivity contribution in [2.75, 3.05) is 0 Å². The molecule has 0 aromatic rings. The molecule has 3 saturated carbocycles. The van der Waals surface area contributed by atoms with Crippen molar-refractivity contribution in [2.45, 2.75) is 113 Å². The van der Waals surface area contributed by atoms with Crippen LogP contribution < -0.4 is 0 Å². The van der Waals surface area contributed by atoms with E-state index in [1.165, 1.54) is 50.5 Å². The monoisotopic (exact) mass is 438 g/mol. The Morgan fingerprint density at radius 3 is 2.38 bits per heavy atom. The maximum Gasteiger partial charge on any atom is 0.138 e. The Morgan fingerprint density at radius 2 is 1.72 bits per heavy atom. The van der Waals surface area contributed by atoms with Gasteiger partial charge in [0.1, 0.15) is 5.78 Å². The zero-order valence-electron chi connectivity index (χ0n) is 22.4. The minimum absolute atomic E-state index is 0.160. The molecular weight excluding hydrogens is 388 g/mol. The molecule has 4 aliphatic rings. The summed E-state index contributed by atoms with van der Waals surface area (Å²) in [7, 11) is 0. The van der Waals surface area contributed by atoms with Crippen molar-refractivity contribution in [3.8, 4) is 0 Å². The van der Waals surface area contributed by atoms with Crippen LogP contribution in [0.15, 0.2) is 23.8 Å². The zero-order valence-corrected chi connectivity index (χ0v) is 22.4. The van der Waals surface area contributed by atoms with E-state index >= 15 is 0 Å². The standard InChI is InChI=1S/C31H50O/c1-20(2)21(3)10-11-22(4)23-14-18-31(9)25-12-13-26-28(5,6)27(32)16-17-29(26,7)24(25)15-19-30(23,31)8/h15,21-23,25-26H,1,10-14,16-19H2,2-9H3/t21?,22-,23-,25-,26+,29-,30-,31+/m1/s1. The van der Waals surface area contributed by atoms with Gasteiger partial charge < -0.3 is 0 Å². The molecule has 180 valence electrons. The number of rotatable bonds is 5. The van der Waals surface area contributed by atoms with E-state index in [2.05, 4.69) is 68.0 Å². The summed E-state index contributed by atoms with van der Waals surface area (Å²) in [6, 6.07) is 0. The Kier molecular flexibility index (Phi) is 5.95. The number of fused-ring (bicyclic) bond motifs is 5. The van der Waals surface area contributed by atoms with Crippen LogP contribution in [0, 0.1) is 51.2 Å². The molecule has 32 heavy (non-hydrogen) atoms. The lowest BCUT2D eigenvalue weighted by molar-refractivity contribution is -0.142. The van der Waals surface area contributed by atoms with Crippen LogP contribution in [0.3, 0.4) is 0 Å². The topological polar surface area (TPSA) is 17.1 Å². The van der Waals surface area contributed by atoms with Gasteiger partial charge in [0.2, 0.25) is 0 Å². The number of hydrogen-bond acceptors (Lipinski definition) is 1. The fraction of sp³-hybridized carbons (Fsp3) is 0.839. The molecule has 0 aliphatic heterocycles. The highest BCUT2D eigenvalue weighted by Crippen LogP contribution is 2.72. The molecule has 4 aliphatic carbocycles. The van der Waals surface area contributed by atoms with Gasteiger partial charge >= 0.3 is 0 Å². The van der Waals surface area contributed by atoms with E-state index in [9.17, 15) is 4.79 Å². The van der Waals surface area contributed by atoms with E-state index in [1.807, 2.05) is 0 Å². The first-order valence-corrected chi connectivity index (χ1v) is 13.7. The van der Waals surface area contributed by atoms with Crippen molar-refractivity contribution in [2.24, 2.45) is 51.2 Å². The van der Waals surface area contributed by atoms with Crippen LogP contribution in [0.25, 0.3) is 0 Å². The summed E-state index contributed by atoms with van der Waals surface area (Å²) in [6.07, 6.45) is 13.8. The highest BCUT2D eigenvalue weighted by atomic mass is 16.1. The molecular formula is C31H50O. The average Bonchev–Trinajstić information content (AvgIpc) is 3.00. The van der Waals surface area contributed by atoms with Gasteiger partial charge in [0.05, 0.1) is 0 Å². The SMILES string of the molecule is C=C(C)C(C)CC[C@@H](C)[C@H]1CC[C@@]2(C)[C@@H]3CC[C@H]4C(C)(C)C(=O)CC[C@]4(C)C3=CC[C@]12C. The van der Waals surface area contributed by atoms with Crippen LogP contribution in [-0.4, -0.2) is 5.78 Å². The summed E-state index contributed by atoms with van der Waals surface area (Å²) in [5.74, 6) is 4.01. The van der Waals surface area contributed by atoms with Gasteiger partial charge in [-0.25, -0.2) is 0 Å². The third-order valence-corrected chi connectivity index (χ3v) is 12.2. The third kappa shape index (κ3) is 3.26. The number of carbonyl (C=O) groups excluding carboxylic acids is 1. The Bertz CT molecular complexity index is 816. The van der Waals surface area contributed by atoms with Gasteiger partial charge in [0.25, 0.3) is 0 Å². The first kappa shape index (κ1) is 24.3. The fourth-order valence-corrected chi connectivity index (χ4v) is 9.44. The molecule has 0 aromatic carbocycles. The van der Waals surface area contributed by atoms with Gasteiger partial charge in [-0.2, -0.15) is 0 Å². The molecule has 0 amide bonds. The minimum atomic E-state index is -0.160. The van der Waals surface area contributed by atoms with Crippen molar-refractivity contribution >= 4 is 5.78 Å². The second-order valence-corrected chi connectivity index (χ2v) is 13.9. The first-order valence-electron chi connectivity index (χ1n) is 13.7. The normalized spacial score (nSPS) is 44.7. The molecule has 4 rings (SSSR count). The number of ketones is 1. The average molecular weight is 439 g/mol. The second kappa shape index (κ2) is 7.84. The maximum atomic E-state index is 12.8. The molecule has 1 unspecified atom stereocenters. The van der Waals surface area contributed by atoms with E-state index in [4.69, 9.17) is 0 Å². The van der Waals surface area contributed by atoms with Crippen molar-refractivity contribution in [1.29, 1.82) is 0 Å². The van der Waals surface area contributed by atoms with Crippen LogP contribution in [-0.2, 0) is 4.79 Å². The molecule has 8 atom stereocenters. The van der Waals surface area contributed by atoms with Gasteiger partial charge in [-0.1, -0.05) is 72.3 Å². The highest BCUT2D eigenvalue weighted by Gasteiger charge is 2.65. The Labute approximate surface area is 198 Å². The Hall–Kier alpha value is -0.850. The number of hydrogen-bond donors (Lipinski definition) is 0. The van der Waals surface area contributed by atoms with Gasteiger partial charge in [-0.15, -0.1) is 0 Å². The summed E-state index contributed by atoms with van der Waals surface area (Å²) in [5, 5.41) is 0. The quantitative estimate of drug-likeness (QED) is 0.392. The number of Topliss-reactive ketones (excluding diaryl/α,β-unsaturated/α-hetero) is 1. The summed E-state index contributed by atoms with van der Waals surface area (Å²) in [4.78, 5) is 12.8. The summed E-state index contributed by atoms with van der Waals surface area (Å²) >= 11 is 0. The second-order valence-electron chi connectivity index (χ2n) is 13.9.